The van der Waals surface area contributed by atoms with Crippen LogP contribution in [0, 0.1) is 13.8 Å². The molecule has 1 aliphatic rings. The second kappa shape index (κ2) is 13.2. The maximum absolute atomic E-state index is 13.0. The fourth-order valence-corrected chi connectivity index (χ4v) is 4.39. The summed E-state index contributed by atoms with van der Waals surface area (Å²) in [5.41, 5.74) is 15.2. The molecule has 0 saturated heterocycles. The van der Waals surface area contributed by atoms with Crippen molar-refractivity contribution in [3.8, 4) is 0 Å². The van der Waals surface area contributed by atoms with E-state index in [1.54, 1.807) is 26.0 Å². The summed E-state index contributed by atoms with van der Waals surface area (Å²) in [4.78, 5) is 46.2. The maximum Gasteiger partial charge on any atom is 0.426 e. The first-order valence-corrected chi connectivity index (χ1v) is 13.1. The number of ether oxygens (including phenoxy) is 1. The second-order valence-electron chi connectivity index (χ2n) is 9.45. The van der Waals surface area contributed by atoms with E-state index >= 15 is 0 Å². The van der Waals surface area contributed by atoms with Crippen LogP contribution >= 0.6 is 0 Å². The van der Waals surface area contributed by atoms with Crippen molar-refractivity contribution >= 4 is 29.2 Å². The number of carbonyl (C=O) groups excluding carboxylic acids is 2. The number of carbonyl (C=O) groups is 2. The number of nitrogens with two attached hydrogens (primary N) is 1. The van der Waals surface area contributed by atoms with Crippen LogP contribution in [-0.4, -0.2) is 33.1 Å². The van der Waals surface area contributed by atoms with Gasteiger partial charge in [-0.05, 0) is 49.1 Å². The summed E-state index contributed by atoms with van der Waals surface area (Å²) >= 11 is 0. The Morgan fingerprint density at radius 1 is 1.15 bits per heavy atom. The summed E-state index contributed by atoms with van der Waals surface area (Å²) < 4.78 is 6.68. The van der Waals surface area contributed by atoms with Gasteiger partial charge in [0.15, 0.2) is 0 Å². The number of aromatic nitrogens is 3. The van der Waals surface area contributed by atoms with Gasteiger partial charge in [-0.1, -0.05) is 60.7 Å². The number of nitrogens with zero attached hydrogens (tertiary/aromatic N) is 3. The summed E-state index contributed by atoms with van der Waals surface area (Å²) in [5.74, 6) is -0.234. The number of nitrogen functional groups attached to an aromatic ring is 1. The van der Waals surface area contributed by atoms with Gasteiger partial charge in [0.1, 0.15) is 19.0 Å². The van der Waals surface area contributed by atoms with E-state index in [0.717, 1.165) is 22.3 Å². The summed E-state index contributed by atoms with van der Waals surface area (Å²) in [6.45, 7) is 5.54. The zero-order valence-corrected chi connectivity index (χ0v) is 23.2. The number of hydrazine groups is 1. The van der Waals surface area contributed by atoms with Crippen LogP contribution in [0.5, 0.6) is 0 Å². The number of nitrogens with one attached hydrogen (secondary N) is 3. The van der Waals surface area contributed by atoms with E-state index in [2.05, 4.69) is 32.2 Å². The highest BCUT2D eigenvalue weighted by Crippen LogP contribution is 2.36. The van der Waals surface area contributed by atoms with Crippen molar-refractivity contribution in [3.63, 3.8) is 0 Å². The lowest BCUT2D eigenvalue weighted by molar-refractivity contribution is -0.121. The molecule has 11 nitrogen and oxygen atoms in total. The van der Waals surface area contributed by atoms with Gasteiger partial charge in [0, 0.05) is 30.0 Å². The SMILES string of the molecule is C/C=C\C=C/C1=CC(COC(=O)NNc2ncc(C)n(CC(=O)NCc3ccc(N)nc3C)c2=O)c2ccccc21. The molecular weight excluding hydrogens is 522 g/mol. The van der Waals surface area contributed by atoms with Crippen molar-refractivity contribution in [1.29, 1.82) is 0 Å². The van der Waals surface area contributed by atoms with Gasteiger partial charge in [0.25, 0.3) is 5.56 Å². The van der Waals surface area contributed by atoms with E-state index in [4.69, 9.17) is 10.5 Å². The highest BCUT2D eigenvalue weighted by molar-refractivity contribution is 5.81. The van der Waals surface area contributed by atoms with Crippen molar-refractivity contribution in [2.75, 3.05) is 17.8 Å². The van der Waals surface area contributed by atoms with E-state index in [9.17, 15) is 14.4 Å². The molecule has 5 N–H and O–H groups in total. The molecule has 11 heteroatoms. The summed E-state index contributed by atoms with van der Waals surface area (Å²) in [7, 11) is 0. The fourth-order valence-electron chi connectivity index (χ4n) is 4.39. The highest BCUT2D eigenvalue weighted by atomic mass is 16.6. The molecule has 2 heterocycles. The van der Waals surface area contributed by atoms with Crippen molar-refractivity contribution in [1.82, 2.24) is 25.3 Å². The molecule has 0 radical (unpaired) electrons. The average molecular weight is 556 g/mol. The van der Waals surface area contributed by atoms with Gasteiger partial charge >= 0.3 is 6.09 Å². The summed E-state index contributed by atoms with van der Waals surface area (Å²) in [6, 6.07) is 11.4. The highest BCUT2D eigenvalue weighted by Gasteiger charge is 2.23. The van der Waals surface area contributed by atoms with Crippen molar-refractivity contribution in [2.24, 2.45) is 0 Å². The molecule has 1 aromatic carbocycles. The summed E-state index contributed by atoms with van der Waals surface area (Å²) in [6.07, 6.45) is 10.6. The number of aryl methyl sites for hydroxylation is 2. The first-order valence-electron chi connectivity index (χ1n) is 13.1. The van der Waals surface area contributed by atoms with Gasteiger partial charge in [-0.3, -0.25) is 19.6 Å². The molecule has 3 aromatic rings. The molecule has 1 aliphatic carbocycles. The van der Waals surface area contributed by atoms with Crippen LogP contribution < -0.4 is 27.5 Å². The van der Waals surface area contributed by atoms with Gasteiger partial charge in [-0.2, -0.15) is 0 Å². The molecule has 2 aromatic heterocycles. The van der Waals surface area contributed by atoms with Crippen LogP contribution in [0.1, 0.15) is 40.9 Å². The quantitative estimate of drug-likeness (QED) is 0.219. The number of anilines is 2. The molecule has 41 heavy (non-hydrogen) atoms. The van der Waals surface area contributed by atoms with Crippen LogP contribution in [0.25, 0.3) is 5.57 Å². The van der Waals surface area contributed by atoms with Crippen molar-refractivity contribution < 1.29 is 14.3 Å². The molecule has 2 amide bonds. The third kappa shape index (κ3) is 7.27. The third-order valence-corrected chi connectivity index (χ3v) is 6.56. The number of hydrogen-bond donors (Lipinski definition) is 4. The predicted molar refractivity (Wildman–Crippen MR) is 158 cm³/mol. The fraction of sp³-hybridized carbons (Fsp3) is 0.233. The first-order chi connectivity index (χ1) is 19.8. The number of benzene rings is 1. The zero-order valence-electron chi connectivity index (χ0n) is 23.2. The van der Waals surface area contributed by atoms with Crippen LogP contribution in [0.2, 0.25) is 0 Å². The molecular formula is C30H33N7O4. The minimum absolute atomic E-state index is 0.108. The normalized spacial score (nSPS) is 14.1. The minimum Gasteiger partial charge on any atom is -0.447 e. The standard InChI is InChI=1S/C30H33N7O4/c1-4-5-6-9-21-14-23(25-11-8-7-10-24(21)25)18-41-30(40)36-35-28-29(39)37(19(2)15-33-28)17-27(38)32-16-22-12-13-26(31)34-20(22)3/h4-15,23H,16-18H2,1-3H3,(H2,31,34)(H,32,38)(H,33,35)(H,36,40)/b5-4-,9-6-. The number of amides is 2. The Balaban J connectivity index is 1.33. The van der Waals surface area contributed by atoms with E-state index in [1.807, 2.05) is 55.5 Å². The lowest BCUT2D eigenvalue weighted by Gasteiger charge is -2.14. The topological polar surface area (TPSA) is 153 Å². The van der Waals surface area contributed by atoms with E-state index < -0.39 is 11.7 Å². The maximum atomic E-state index is 13.0. The molecule has 0 aliphatic heterocycles. The van der Waals surface area contributed by atoms with Gasteiger partial charge in [-0.25, -0.2) is 20.2 Å². The first kappa shape index (κ1) is 28.8. The zero-order chi connectivity index (χ0) is 29.4. The Bertz CT molecular complexity index is 1590. The van der Waals surface area contributed by atoms with Crippen LogP contribution in [-0.2, 0) is 22.6 Å². The molecule has 1 unspecified atom stereocenters. The molecule has 0 fully saturated rings. The lowest BCUT2D eigenvalue weighted by Crippen LogP contribution is -2.38. The minimum atomic E-state index is -0.771. The van der Waals surface area contributed by atoms with Crippen LogP contribution in [0.3, 0.4) is 0 Å². The number of fused-ring (bicyclic) bond motifs is 1. The summed E-state index contributed by atoms with van der Waals surface area (Å²) in [5, 5.41) is 2.78. The Labute approximate surface area is 237 Å². The van der Waals surface area contributed by atoms with Crippen LogP contribution in [0.15, 0.2) is 77.8 Å². The van der Waals surface area contributed by atoms with Crippen molar-refractivity contribution in [3.05, 3.63) is 111 Å². The Morgan fingerprint density at radius 2 is 1.95 bits per heavy atom. The number of pyridine rings is 1. The number of hydrogen-bond acceptors (Lipinski definition) is 8. The van der Waals surface area contributed by atoms with Gasteiger partial charge in [0.05, 0.1) is 0 Å². The number of allylic oxidation sites excluding steroid dienone is 5. The van der Waals surface area contributed by atoms with Crippen molar-refractivity contribution in [2.45, 2.75) is 39.8 Å². The molecule has 1 atom stereocenters. The molecule has 0 spiro atoms. The Kier molecular flexibility index (Phi) is 9.31. The van der Waals surface area contributed by atoms with E-state index in [1.165, 1.54) is 10.8 Å². The number of rotatable bonds is 10. The average Bonchev–Trinajstić information content (AvgIpc) is 3.31. The van der Waals surface area contributed by atoms with Gasteiger partial charge in [0.2, 0.25) is 11.7 Å². The second-order valence-corrected chi connectivity index (χ2v) is 9.45. The Hall–Kier alpha value is -5.19. The Morgan fingerprint density at radius 3 is 2.73 bits per heavy atom. The van der Waals surface area contributed by atoms with E-state index in [0.29, 0.717) is 17.2 Å². The van der Waals surface area contributed by atoms with Gasteiger partial charge < -0.3 is 15.8 Å². The van der Waals surface area contributed by atoms with Gasteiger partial charge in [-0.15, -0.1) is 0 Å². The monoisotopic (exact) mass is 555 g/mol. The largest absolute Gasteiger partial charge is 0.447 e. The molecule has 0 saturated carbocycles. The molecule has 0 bridgehead atoms. The lowest BCUT2D eigenvalue weighted by atomic mass is 10.0. The van der Waals surface area contributed by atoms with Crippen LogP contribution in [0.4, 0.5) is 16.4 Å². The molecule has 212 valence electrons. The predicted octanol–water partition coefficient (Wildman–Crippen LogP) is 3.52. The third-order valence-electron chi connectivity index (χ3n) is 6.56. The van der Waals surface area contributed by atoms with E-state index in [-0.39, 0.29) is 37.3 Å². The smallest absolute Gasteiger partial charge is 0.426 e. The molecule has 4 rings (SSSR count).